The third kappa shape index (κ3) is 6.86. The smallest absolute Gasteiger partial charge is 0.407 e. The van der Waals surface area contributed by atoms with E-state index in [1.165, 1.54) is 0 Å². The second-order valence-corrected chi connectivity index (χ2v) is 8.60. The first-order valence-corrected chi connectivity index (χ1v) is 12.0. The minimum atomic E-state index is -0.985. The van der Waals surface area contributed by atoms with Crippen LogP contribution in [0.3, 0.4) is 0 Å². The van der Waals surface area contributed by atoms with Crippen LogP contribution >= 0.6 is 0 Å². The monoisotopic (exact) mass is 476 g/mol. The fraction of sp³-hybridized carbons (Fsp3) is 0.393. The van der Waals surface area contributed by atoms with Gasteiger partial charge in [-0.2, -0.15) is 0 Å². The third-order valence-electron chi connectivity index (χ3n) is 6.11. The van der Waals surface area contributed by atoms with Crippen LogP contribution in [0.15, 0.2) is 48.5 Å². The fourth-order valence-corrected chi connectivity index (χ4v) is 4.38. The van der Waals surface area contributed by atoms with E-state index in [1.807, 2.05) is 43.3 Å². The Labute approximate surface area is 206 Å². The highest BCUT2D eigenvalue weighted by molar-refractivity contribution is 5.86. The molecule has 0 spiro atoms. The molecule has 0 bridgehead atoms. The lowest BCUT2D eigenvalue weighted by Crippen LogP contribution is -2.50. The minimum Gasteiger partial charge on any atom is -0.481 e. The topological polar surface area (TPSA) is 105 Å². The van der Waals surface area contributed by atoms with Crippen molar-refractivity contribution in [3.63, 3.8) is 0 Å². The molecular formula is C28H32N2O5. The van der Waals surface area contributed by atoms with Crippen molar-refractivity contribution in [1.82, 2.24) is 10.6 Å². The molecule has 3 rings (SSSR count). The zero-order valence-corrected chi connectivity index (χ0v) is 20.2. The molecule has 0 heterocycles. The summed E-state index contributed by atoms with van der Waals surface area (Å²) in [6, 6.07) is 14.6. The van der Waals surface area contributed by atoms with Gasteiger partial charge in [-0.3, -0.25) is 9.59 Å². The van der Waals surface area contributed by atoms with E-state index in [9.17, 15) is 19.5 Å². The number of aliphatic carboxylic acids is 1. The minimum absolute atomic E-state index is 0.0927. The Morgan fingerprint density at radius 2 is 1.66 bits per heavy atom. The van der Waals surface area contributed by atoms with Crippen LogP contribution in [0.2, 0.25) is 0 Å². The van der Waals surface area contributed by atoms with Crippen LogP contribution in [0.25, 0.3) is 11.1 Å². The van der Waals surface area contributed by atoms with E-state index >= 15 is 0 Å². The van der Waals surface area contributed by atoms with Crippen molar-refractivity contribution in [3.05, 3.63) is 59.7 Å². The maximum atomic E-state index is 12.9. The molecule has 0 aliphatic heterocycles. The number of carboxylic acids is 1. The number of carboxylic acid groups (broad SMARTS) is 1. The molecule has 0 saturated heterocycles. The van der Waals surface area contributed by atoms with E-state index < -0.39 is 30.1 Å². The number of hydrogen-bond donors (Lipinski definition) is 3. The summed E-state index contributed by atoms with van der Waals surface area (Å²) in [5.41, 5.74) is 4.45. The number of benzene rings is 2. The van der Waals surface area contributed by atoms with Crippen molar-refractivity contribution in [2.75, 3.05) is 6.61 Å². The predicted molar refractivity (Wildman–Crippen MR) is 134 cm³/mol. The number of hydrogen-bond acceptors (Lipinski definition) is 4. The van der Waals surface area contributed by atoms with Gasteiger partial charge < -0.3 is 20.5 Å². The number of ether oxygens (including phenoxy) is 1. The van der Waals surface area contributed by atoms with E-state index in [0.29, 0.717) is 6.42 Å². The average Bonchev–Trinajstić information content (AvgIpc) is 3.17. The Balaban J connectivity index is 1.65. The van der Waals surface area contributed by atoms with Gasteiger partial charge in [0.05, 0.1) is 6.42 Å². The van der Waals surface area contributed by atoms with E-state index in [-0.39, 0.29) is 25.4 Å². The summed E-state index contributed by atoms with van der Waals surface area (Å²) in [5, 5.41) is 14.5. The molecule has 184 valence electrons. The number of rotatable bonds is 11. The van der Waals surface area contributed by atoms with Gasteiger partial charge in [-0.05, 0) is 35.6 Å². The van der Waals surface area contributed by atoms with E-state index in [2.05, 4.69) is 34.6 Å². The summed E-state index contributed by atoms with van der Waals surface area (Å²) in [6.45, 7) is 3.78. The third-order valence-corrected chi connectivity index (χ3v) is 6.11. The van der Waals surface area contributed by atoms with Gasteiger partial charge in [0.15, 0.2) is 0 Å². The lowest BCUT2D eigenvalue weighted by molar-refractivity contribution is -0.137. The second-order valence-electron chi connectivity index (χ2n) is 8.60. The maximum Gasteiger partial charge on any atom is 0.407 e. The first kappa shape index (κ1) is 25.8. The first-order chi connectivity index (χ1) is 16.9. The van der Waals surface area contributed by atoms with Gasteiger partial charge in [0.2, 0.25) is 5.91 Å². The highest BCUT2D eigenvalue weighted by atomic mass is 16.5. The molecule has 3 N–H and O–H groups in total. The summed E-state index contributed by atoms with van der Waals surface area (Å²) in [7, 11) is 0. The molecule has 1 aliphatic rings. The molecule has 0 aromatic heterocycles. The van der Waals surface area contributed by atoms with Crippen LogP contribution in [-0.4, -0.2) is 41.8 Å². The van der Waals surface area contributed by atoms with E-state index in [4.69, 9.17) is 4.74 Å². The van der Waals surface area contributed by atoms with Crippen molar-refractivity contribution in [1.29, 1.82) is 0 Å². The van der Waals surface area contributed by atoms with Crippen molar-refractivity contribution in [2.45, 2.75) is 64.0 Å². The van der Waals surface area contributed by atoms with Crippen LogP contribution in [0, 0.1) is 11.8 Å². The first-order valence-electron chi connectivity index (χ1n) is 12.0. The van der Waals surface area contributed by atoms with Crippen LogP contribution in [0.1, 0.15) is 63.0 Å². The van der Waals surface area contributed by atoms with Crippen molar-refractivity contribution >= 4 is 18.0 Å². The molecule has 2 aromatic carbocycles. The van der Waals surface area contributed by atoms with Crippen molar-refractivity contribution in [3.8, 4) is 23.0 Å². The Kier molecular flexibility index (Phi) is 9.31. The predicted octanol–water partition coefficient (Wildman–Crippen LogP) is 4.46. The number of unbranched alkanes of at least 4 members (excludes halogenated alkanes) is 1. The molecule has 2 atom stereocenters. The largest absolute Gasteiger partial charge is 0.481 e. The molecule has 0 saturated carbocycles. The lowest BCUT2D eigenvalue weighted by Gasteiger charge is -2.22. The fourth-order valence-electron chi connectivity index (χ4n) is 4.38. The summed E-state index contributed by atoms with van der Waals surface area (Å²) in [6.07, 6.45) is 1.43. The van der Waals surface area contributed by atoms with Crippen LogP contribution < -0.4 is 10.6 Å². The zero-order chi connectivity index (χ0) is 25.2. The quantitative estimate of drug-likeness (QED) is 0.416. The SMILES string of the molecule is CC#CCC(NC(=O)OCC1c2ccccc2-c2ccccc21)C(=O)N[C@@H](CCCC)CC(=O)O. The van der Waals surface area contributed by atoms with Gasteiger partial charge in [-0.25, -0.2) is 4.79 Å². The summed E-state index contributed by atoms with van der Waals surface area (Å²) < 4.78 is 5.56. The standard InChI is InChI=1S/C28H32N2O5/c1-3-5-11-19(17-26(31)32)29-27(33)25(16-6-4-2)30-28(34)35-18-24-22-14-9-7-12-20(22)21-13-8-10-15-23(21)24/h7-10,12-15,19,24-25H,3,5,11,16-18H2,1-2H3,(H,29,33)(H,30,34)(H,31,32)/t19-,25?/m0/s1. The Bertz CT molecular complexity index is 1070. The van der Waals surface area contributed by atoms with Gasteiger partial charge >= 0.3 is 12.1 Å². The Hall–Kier alpha value is -3.79. The van der Waals surface area contributed by atoms with Gasteiger partial charge in [0.1, 0.15) is 12.6 Å². The highest BCUT2D eigenvalue weighted by Gasteiger charge is 2.30. The molecule has 1 unspecified atom stereocenters. The van der Waals surface area contributed by atoms with Crippen LogP contribution in [0.4, 0.5) is 4.79 Å². The molecule has 0 radical (unpaired) electrons. The van der Waals surface area contributed by atoms with Gasteiger partial charge in [0.25, 0.3) is 0 Å². The summed E-state index contributed by atoms with van der Waals surface area (Å²) in [4.78, 5) is 36.8. The number of alkyl carbamates (subject to hydrolysis) is 1. The normalized spacial score (nSPS) is 13.4. The Morgan fingerprint density at radius 3 is 2.23 bits per heavy atom. The molecule has 0 fully saturated rings. The molecule has 2 aromatic rings. The number of amides is 2. The Morgan fingerprint density at radius 1 is 1.03 bits per heavy atom. The number of carbonyl (C=O) groups is 3. The van der Waals surface area contributed by atoms with Crippen molar-refractivity contribution in [2.24, 2.45) is 0 Å². The second kappa shape index (κ2) is 12.6. The maximum absolute atomic E-state index is 12.9. The van der Waals surface area contributed by atoms with E-state index in [1.54, 1.807) is 6.92 Å². The van der Waals surface area contributed by atoms with E-state index in [0.717, 1.165) is 35.1 Å². The van der Waals surface area contributed by atoms with Gasteiger partial charge in [-0.1, -0.05) is 68.3 Å². The molecular weight excluding hydrogens is 444 g/mol. The van der Waals surface area contributed by atoms with Crippen LogP contribution in [0.5, 0.6) is 0 Å². The summed E-state index contributed by atoms with van der Waals surface area (Å²) >= 11 is 0. The molecule has 1 aliphatic carbocycles. The van der Waals surface area contributed by atoms with Gasteiger partial charge in [0, 0.05) is 18.4 Å². The molecule has 7 nitrogen and oxygen atoms in total. The highest BCUT2D eigenvalue weighted by Crippen LogP contribution is 2.44. The molecule has 35 heavy (non-hydrogen) atoms. The average molecular weight is 477 g/mol. The zero-order valence-electron chi connectivity index (χ0n) is 20.2. The number of fused-ring (bicyclic) bond motifs is 3. The van der Waals surface area contributed by atoms with Gasteiger partial charge in [-0.15, -0.1) is 11.8 Å². The molecule has 7 heteroatoms. The number of carbonyl (C=O) groups excluding carboxylic acids is 2. The lowest BCUT2D eigenvalue weighted by atomic mass is 9.98. The van der Waals surface area contributed by atoms with Crippen LogP contribution in [-0.2, 0) is 14.3 Å². The summed E-state index contributed by atoms with van der Waals surface area (Å²) in [5.74, 6) is 4.00. The number of nitrogens with one attached hydrogen (secondary N) is 2. The van der Waals surface area contributed by atoms with Crippen molar-refractivity contribution < 1.29 is 24.2 Å². The molecule has 2 amide bonds.